The zero-order valence-corrected chi connectivity index (χ0v) is 15.0. The van der Waals surface area contributed by atoms with Gasteiger partial charge in [0.25, 0.3) is 0 Å². The van der Waals surface area contributed by atoms with Crippen LogP contribution in [0.15, 0.2) is 89.3 Å². The van der Waals surface area contributed by atoms with E-state index in [0.717, 1.165) is 62.4 Å². The van der Waals surface area contributed by atoms with E-state index in [4.69, 9.17) is 4.42 Å². The number of benzene rings is 4. The van der Waals surface area contributed by atoms with E-state index in [2.05, 4.69) is 53.1 Å². The van der Waals surface area contributed by atoms with Crippen LogP contribution in [0.4, 0.5) is 0 Å². The second kappa shape index (κ2) is 5.75. The highest BCUT2D eigenvalue weighted by atomic mass is 16.3. The molecule has 2 aromatic heterocycles. The lowest BCUT2D eigenvalue weighted by molar-refractivity contribution is 0.615. The van der Waals surface area contributed by atoms with Gasteiger partial charge in [0.05, 0.1) is 16.7 Å². The Labute approximate surface area is 161 Å². The summed E-state index contributed by atoms with van der Waals surface area (Å²) in [5.41, 5.74) is 5.77. The zero-order chi connectivity index (χ0) is 18.7. The minimum absolute atomic E-state index is 0.789. The van der Waals surface area contributed by atoms with Crippen LogP contribution >= 0.6 is 0 Å². The molecule has 0 saturated carbocycles. The molecule has 0 spiro atoms. The Kier molecular flexibility index (Phi) is 3.19. The van der Waals surface area contributed by atoms with Gasteiger partial charge in [0, 0.05) is 21.5 Å². The van der Waals surface area contributed by atoms with Gasteiger partial charge >= 0.3 is 7.48 Å². The second-order valence-electron chi connectivity index (χ2n) is 7.01. The number of para-hydroxylation sites is 3. The molecule has 6 rings (SSSR count). The molecule has 0 aliphatic rings. The van der Waals surface area contributed by atoms with Crippen molar-refractivity contribution < 1.29 is 9.44 Å². The summed E-state index contributed by atoms with van der Waals surface area (Å²) >= 11 is 0. The number of furan rings is 1. The van der Waals surface area contributed by atoms with E-state index >= 15 is 0 Å². The maximum Gasteiger partial charge on any atom is 0.326 e. The van der Waals surface area contributed by atoms with E-state index in [1.165, 1.54) is 0 Å². The fraction of sp³-hybridized carbons (Fsp3) is 0. The Balaban J connectivity index is 1.80. The molecule has 0 fully saturated rings. The van der Waals surface area contributed by atoms with E-state index in [1.54, 1.807) is 0 Å². The highest BCUT2D eigenvalue weighted by molar-refractivity contribution is 6.46. The third kappa shape index (κ3) is 2.04. The van der Waals surface area contributed by atoms with Gasteiger partial charge in [0.15, 0.2) is 5.58 Å². The molecule has 4 aromatic carbocycles. The molecule has 0 bridgehead atoms. The minimum atomic E-state index is 0.789. The number of aromatic nitrogens is 1. The highest BCUT2D eigenvalue weighted by Crippen LogP contribution is 2.37. The fourth-order valence-electron chi connectivity index (χ4n) is 4.24. The molecule has 1 N–H and O–H groups in total. The van der Waals surface area contributed by atoms with E-state index in [0.29, 0.717) is 0 Å². The summed E-state index contributed by atoms with van der Waals surface area (Å²) in [6, 6.07) is 28.8. The maximum absolute atomic E-state index is 9.47. The first-order valence-electron chi connectivity index (χ1n) is 9.26. The lowest BCUT2D eigenvalue weighted by Gasteiger charge is -2.08. The highest BCUT2D eigenvalue weighted by Gasteiger charge is 2.17. The molecule has 0 saturated heterocycles. The molecule has 2 heterocycles. The average molecular weight is 360 g/mol. The summed E-state index contributed by atoms with van der Waals surface area (Å²) in [5, 5.41) is 14.0. The van der Waals surface area contributed by atoms with Crippen LogP contribution in [0, 0.1) is 0 Å². The maximum atomic E-state index is 9.47. The van der Waals surface area contributed by atoms with Crippen LogP contribution in [0.1, 0.15) is 0 Å². The molecule has 6 aromatic rings. The van der Waals surface area contributed by atoms with Gasteiger partial charge in [0.1, 0.15) is 5.58 Å². The topological polar surface area (TPSA) is 38.3 Å². The molecule has 0 amide bonds. The zero-order valence-electron chi connectivity index (χ0n) is 15.0. The van der Waals surface area contributed by atoms with Crippen LogP contribution < -0.4 is 5.46 Å². The van der Waals surface area contributed by atoms with E-state index in [1.807, 2.05) is 36.4 Å². The second-order valence-corrected chi connectivity index (χ2v) is 7.01. The summed E-state index contributed by atoms with van der Waals surface area (Å²) in [6.45, 7) is 0. The molecular weight excluding hydrogens is 345 g/mol. The summed E-state index contributed by atoms with van der Waals surface area (Å²) < 4.78 is 8.53. The molecule has 0 aliphatic heterocycles. The van der Waals surface area contributed by atoms with Crippen LogP contribution in [-0.4, -0.2) is 17.1 Å². The lowest BCUT2D eigenvalue weighted by Crippen LogP contribution is -2.12. The number of rotatable bonds is 2. The van der Waals surface area contributed by atoms with Crippen molar-refractivity contribution in [3.8, 4) is 5.69 Å². The number of hydrogen-bond donors (Lipinski definition) is 1. The quantitative estimate of drug-likeness (QED) is 0.445. The van der Waals surface area contributed by atoms with Crippen LogP contribution in [0.5, 0.6) is 0 Å². The van der Waals surface area contributed by atoms with Crippen molar-refractivity contribution in [3.63, 3.8) is 0 Å². The van der Waals surface area contributed by atoms with Crippen LogP contribution in [0.2, 0.25) is 0 Å². The van der Waals surface area contributed by atoms with Crippen LogP contribution in [-0.2, 0) is 0 Å². The lowest BCUT2D eigenvalue weighted by atomic mass is 9.88. The van der Waals surface area contributed by atoms with Gasteiger partial charge in [-0.2, -0.15) is 0 Å². The molecule has 4 heteroatoms. The van der Waals surface area contributed by atoms with E-state index in [-0.39, 0.29) is 0 Å². The van der Waals surface area contributed by atoms with Gasteiger partial charge in [0.2, 0.25) is 0 Å². The number of fused-ring (bicyclic) bond motifs is 6. The number of nitrogens with zero attached hydrogens (tertiary/aromatic N) is 1. The molecule has 3 nitrogen and oxygen atoms in total. The Morgan fingerprint density at radius 2 is 1.43 bits per heavy atom. The standard InChI is InChI=1S/C24H15BNO2/c27-25-15-12-13-21-19(14-15)16-6-1-3-9-20(16)26(21)22-10-5-8-18-17-7-2-4-11-23(17)28-24(18)22/h1-14,27H. The molecular formula is C24H15BNO2. The van der Waals surface area contributed by atoms with Crippen molar-refractivity contribution in [2.24, 2.45) is 0 Å². The summed E-state index contributed by atoms with van der Waals surface area (Å²) in [7, 11) is 1.14. The van der Waals surface area contributed by atoms with Crippen LogP contribution in [0.25, 0.3) is 49.4 Å². The molecule has 28 heavy (non-hydrogen) atoms. The van der Waals surface area contributed by atoms with Gasteiger partial charge in [-0.05, 0) is 24.3 Å². The molecule has 1 radical (unpaired) electrons. The number of hydrogen-bond acceptors (Lipinski definition) is 2. The Hall–Kier alpha value is -3.50. The predicted molar refractivity (Wildman–Crippen MR) is 116 cm³/mol. The summed E-state index contributed by atoms with van der Waals surface area (Å²) in [5.74, 6) is 0. The fourth-order valence-corrected chi connectivity index (χ4v) is 4.24. The van der Waals surface area contributed by atoms with E-state index in [9.17, 15) is 5.02 Å². The monoisotopic (exact) mass is 360 g/mol. The average Bonchev–Trinajstić information content (AvgIpc) is 3.29. The third-order valence-electron chi connectivity index (χ3n) is 5.47. The normalized spacial score (nSPS) is 11.8. The van der Waals surface area contributed by atoms with Crippen molar-refractivity contribution >= 4 is 56.7 Å². The van der Waals surface area contributed by atoms with Gasteiger partial charge in [-0.1, -0.05) is 66.1 Å². The summed E-state index contributed by atoms with van der Waals surface area (Å²) in [6.07, 6.45) is 0. The third-order valence-corrected chi connectivity index (χ3v) is 5.47. The van der Waals surface area contributed by atoms with Gasteiger partial charge < -0.3 is 14.0 Å². The minimum Gasteiger partial charge on any atom is -0.454 e. The largest absolute Gasteiger partial charge is 0.454 e. The van der Waals surface area contributed by atoms with Crippen LogP contribution in [0.3, 0.4) is 0 Å². The van der Waals surface area contributed by atoms with Crippen molar-refractivity contribution in [2.75, 3.05) is 0 Å². The Bertz CT molecular complexity index is 1510. The smallest absolute Gasteiger partial charge is 0.326 e. The van der Waals surface area contributed by atoms with Gasteiger partial charge in [-0.3, -0.25) is 0 Å². The SMILES string of the molecule is O[B]c1ccc2c(c1)c1ccccc1n2-c1cccc2c1oc1ccccc12. The summed E-state index contributed by atoms with van der Waals surface area (Å²) in [4.78, 5) is 0. The predicted octanol–water partition coefficient (Wildman–Crippen LogP) is 4.92. The first-order valence-corrected chi connectivity index (χ1v) is 9.26. The molecule has 0 aliphatic carbocycles. The molecule has 0 atom stereocenters. The Morgan fingerprint density at radius 1 is 0.679 bits per heavy atom. The Morgan fingerprint density at radius 3 is 2.32 bits per heavy atom. The van der Waals surface area contributed by atoms with Crippen molar-refractivity contribution in [2.45, 2.75) is 0 Å². The van der Waals surface area contributed by atoms with Gasteiger partial charge in [-0.15, -0.1) is 0 Å². The van der Waals surface area contributed by atoms with E-state index < -0.39 is 0 Å². The first-order chi connectivity index (χ1) is 13.8. The van der Waals surface area contributed by atoms with Crippen molar-refractivity contribution in [1.82, 2.24) is 4.57 Å². The van der Waals surface area contributed by atoms with Crippen molar-refractivity contribution in [1.29, 1.82) is 0 Å². The van der Waals surface area contributed by atoms with Crippen molar-refractivity contribution in [3.05, 3.63) is 84.9 Å². The first kappa shape index (κ1) is 15.6. The molecule has 131 valence electrons. The molecule has 0 unspecified atom stereocenters. The van der Waals surface area contributed by atoms with Gasteiger partial charge in [-0.25, -0.2) is 0 Å².